The van der Waals surface area contributed by atoms with E-state index in [4.69, 9.17) is 0 Å². The van der Waals surface area contributed by atoms with E-state index in [9.17, 15) is 22.8 Å². The Morgan fingerprint density at radius 1 is 1.18 bits per heavy atom. The van der Waals surface area contributed by atoms with Crippen LogP contribution in [0.5, 0.6) is 5.88 Å². The van der Waals surface area contributed by atoms with Crippen LogP contribution in [0.4, 0.5) is 13.2 Å². The zero-order valence-corrected chi connectivity index (χ0v) is 15.6. The Labute approximate surface area is 159 Å². The van der Waals surface area contributed by atoms with Crippen molar-refractivity contribution in [3.63, 3.8) is 0 Å². The van der Waals surface area contributed by atoms with Crippen molar-refractivity contribution in [1.82, 2.24) is 20.3 Å². The average molecular weight is 396 g/mol. The number of nitrogens with zero attached hydrogens (tertiary/aromatic N) is 3. The summed E-state index contributed by atoms with van der Waals surface area (Å²) in [6.45, 7) is 3.33. The van der Waals surface area contributed by atoms with Gasteiger partial charge in [-0.3, -0.25) is 9.59 Å². The van der Waals surface area contributed by atoms with E-state index >= 15 is 0 Å². The molecule has 0 spiro atoms. The summed E-state index contributed by atoms with van der Waals surface area (Å²) >= 11 is 0. The minimum absolute atomic E-state index is 0.0322. The number of halogens is 3. The van der Waals surface area contributed by atoms with Crippen LogP contribution in [0.3, 0.4) is 0 Å². The first kappa shape index (κ1) is 21.3. The van der Waals surface area contributed by atoms with E-state index in [-0.39, 0.29) is 36.1 Å². The predicted molar refractivity (Wildman–Crippen MR) is 92.8 cm³/mol. The SMILES string of the molecule is CC(=O)Cc1nc(C)cc(C(=O)NCc2cnc(OCC(F)(F)F)c(C)c2)n1. The zero-order valence-electron chi connectivity index (χ0n) is 15.6. The second-order valence-corrected chi connectivity index (χ2v) is 6.24. The lowest BCUT2D eigenvalue weighted by Crippen LogP contribution is -2.25. The van der Waals surface area contributed by atoms with Gasteiger partial charge in [0.2, 0.25) is 5.88 Å². The lowest BCUT2D eigenvalue weighted by molar-refractivity contribution is -0.154. The number of nitrogens with one attached hydrogen (secondary N) is 1. The first-order valence-corrected chi connectivity index (χ1v) is 8.31. The van der Waals surface area contributed by atoms with Gasteiger partial charge in [-0.2, -0.15) is 13.2 Å². The van der Waals surface area contributed by atoms with Gasteiger partial charge in [-0.25, -0.2) is 15.0 Å². The zero-order chi connectivity index (χ0) is 20.9. The summed E-state index contributed by atoms with van der Waals surface area (Å²) in [5.74, 6) is -0.439. The lowest BCUT2D eigenvalue weighted by Gasteiger charge is -2.12. The summed E-state index contributed by atoms with van der Waals surface area (Å²) in [4.78, 5) is 35.6. The molecule has 28 heavy (non-hydrogen) atoms. The van der Waals surface area contributed by atoms with Gasteiger partial charge in [0.25, 0.3) is 5.91 Å². The van der Waals surface area contributed by atoms with Crippen LogP contribution in [0, 0.1) is 13.8 Å². The fraction of sp³-hybridized carbons (Fsp3) is 0.389. The number of carbonyl (C=O) groups is 2. The number of carbonyl (C=O) groups excluding carboxylic acids is 2. The topological polar surface area (TPSA) is 94.1 Å². The number of ether oxygens (including phenoxy) is 1. The van der Waals surface area contributed by atoms with E-state index in [0.29, 0.717) is 16.8 Å². The van der Waals surface area contributed by atoms with Crippen LogP contribution in [-0.4, -0.2) is 39.4 Å². The van der Waals surface area contributed by atoms with Gasteiger partial charge in [0, 0.05) is 24.0 Å². The molecule has 0 saturated carbocycles. The molecular formula is C18H19F3N4O3. The van der Waals surface area contributed by atoms with Crippen molar-refractivity contribution in [2.75, 3.05) is 6.61 Å². The number of alkyl halides is 3. The Bertz CT molecular complexity index is 885. The summed E-state index contributed by atoms with van der Waals surface area (Å²) in [6.07, 6.45) is -3.09. The molecule has 150 valence electrons. The second-order valence-electron chi connectivity index (χ2n) is 6.24. The number of hydrogen-bond donors (Lipinski definition) is 1. The second kappa shape index (κ2) is 8.77. The van der Waals surface area contributed by atoms with E-state index < -0.39 is 18.7 Å². The van der Waals surface area contributed by atoms with Crippen LogP contribution in [0.1, 0.15) is 40.1 Å². The minimum Gasteiger partial charge on any atom is -0.468 e. The Balaban J connectivity index is 2.02. The van der Waals surface area contributed by atoms with Gasteiger partial charge in [0.05, 0.1) is 6.42 Å². The molecule has 0 aromatic carbocycles. The van der Waals surface area contributed by atoms with Gasteiger partial charge >= 0.3 is 6.18 Å². The molecular weight excluding hydrogens is 377 g/mol. The smallest absolute Gasteiger partial charge is 0.422 e. The van der Waals surface area contributed by atoms with Crippen molar-refractivity contribution in [1.29, 1.82) is 0 Å². The maximum absolute atomic E-state index is 12.3. The van der Waals surface area contributed by atoms with Gasteiger partial charge < -0.3 is 10.1 Å². The number of hydrogen-bond acceptors (Lipinski definition) is 6. The molecule has 0 saturated heterocycles. The molecule has 0 radical (unpaired) electrons. The highest BCUT2D eigenvalue weighted by Crippen LogP contribution is 2.20. The van der Waals surface area contributed by atoms with Crippen molar-refractivity contribution < 1.29 is 27.5 Å². The lowest BCUT2D eigenvalue weighted by atomic mass is 10.2. The van der Waals surface area contributed by atoms with Crippen LogP contribution < -0.4 is 10.1 Å². The largest absolute Gasteiger partial charge is 0.468 e. The van der Waals surface area contributed by atoms with Crippen molar-refractivity contribution in [3.8, 4) is 5.88 Å². The summed E-state index contributed by atoms with van der Waals surface area (Å²) in [5, 5.41) is 2.65. The Morgan fingerprint density at radius 2 is 1.89 bits per heavy atom. The number of amides is 1. The van der Waals surface area contributed by atoms with Gasteiger partial charge in [-0.05, 0) is 38.5 Å². The molecule has 0 unspecified atom stereocenters. The first-order chi connectivity index (χ1) is 13.0. The van der Waals surface area contributed by atoms with Gasteiger partial charge in [-0.15, -0.1) is 0 Å². The molecule has 2 heterocycles. The molecule has 10 heteroatoms. The number of pyridine rings is 1. The quantitative estimate of drug-likeness (QED) is 0.773. The molecule has 1 N–H and O–H groups in total. The molecule has 0 fully saturated rings. The summed E-state index contributed by atoms with van der Waals surface area (Å²) in [5.41, 5.74) is 1.68. The average Bonchev–Trinajstić information content (AvgIpc) is 2.56. The third kappa shape index (κ3) is 6.60. The van der Waals surface area contributed by atoms with Gasteiger partial charge in [0.1, 0.15) is 17.3 Å². The summed E-state index contributed by atoms with van der Waals surface area (Å²) in [6, 6.07) is 3.07. The van der Waals surface area contributed by atoms with E-state index in [0.717, 1.165) is 0 Å². The number of ketones is 1. The maximum atomic E-state index is 12.3. The van der Waals surface area contributed by atoms with Crippen LogP contribution in [0.15, 0.2) is 18.3 Å². The maximum Gasteiger partial charge on any atom is 0.422 e. The molecule has 0 aliphatic heterocycles. The highest BCUT2D eigenvalue weighted by Gasteiger charge is 2.29. The van der Waals surface area contributed by atoms with Gasteiger partial charge in [-0.1, -0.05) is 0 Å². The fourth-order valence-corrected chi connectivity index (χ4v) is 2.34. The van der Waals surface area contributed by atoms with E-state index in [1.165, 1.54) is 19.2 Å². The first-order valence-electron chi connectivity index (χ1n) is 8.31. The van der Waals surface area contributed by atoms with Crippen molar-refractivity contribution >= 4 is 11.7 Å². The van der Waals surface area contributed by atoms with Crippen LogP contribution in [0.2, 0.25) is 0 Å². The van der Waals surface area contributed by atoms with Crippen LogP contribution in [0.25, 0.3) is 0 Å². The minimum atomic E-state index is -4.45. The molecule has 2 aromatic rings. The Hall–Kier alpha value is -3.04. The highest BCUT2D eigenvalue weighted by molar-refractivity contribution is 5.92. The highest BCUT2D eigenvalue weighted by atomic mass is 19.4. The number of aromatic nitrogens is 3. The third-order valence-electron chi connectivity index (χ3n) is 3.45. The standard InChI is InChI=1S/C18H19F3N4O3/c1-10-4-13(8-23-17(10)28-9-18(19,20)21)7-22-16(27)14-5-11(2)24-15(25-14)6-12(3)26/h4-5,8H,6-7,9H2,1-3H3,(H,22,27). The third-order valence-corrected chi connectivity index (χ3v) is 3.45. The van der Waals surface area contributed by atoms with Crippen LogP contribution >= 0.6 is 0 Å². The molecule has 0 atom stereocenters. The Morgan fingerprint density at radius 3 is 2.50 bits per heavy atom. The predicted octanol–water partition coefficient (Wildman–Crippen LogP) is 2.49. The fourth-order valence-electron chi connectivity index (χ4n) is 2.34. The van der Waals surface area contributed by atoms with E-state index in [1.807, 2.05) is 0 Å². The molecule has 7 nitrogen and oxygen atoms in total. The number of aryl methyl sites for hydroxylation is 2. The van der Waals surface area contributed by atoms with Gasteiger partial charge in [0.15, 0.2) is 6.61 Å². The monoisotopic (exact) mass is 396 g/mol. The van der Waals surface area contributed by atoms with Crippen molar-refractivity contribution in [3.05, 3.63) is 46.7 Å². The van der Waals surface area contributed by atoms with E-state index in [1.54, 1.807) is 19.9 Å². The number of rotatable bonds is 7. The van der Waals surface area contributed by atoms with E-state index in [2.05, 4.69) is 25.0 Å². The molecule has 0 aliphatic carbocycles. The summed E-state index contributed by atoms with van der Waals surface area (Å²) in [7, 11) is 0. The van der Waals surface area contributed by atoms with Crippen molar-refractivity contribution in [2.45, 2.75) is 39.9 Å². The Kier molecular flexibility index (Phi) is 6.66. The molecule has 2 rings (SSSR count). The van der Waals surface area contributed by atoms with Crippen LogP contribution in [-0.2, 0) is 17.8 Å². The molecule has 1 amide bonds. The molecule has 0 aliphatic rings. The number of Topliss-reactive ketones (excluding diaryl/α,β-unsaturated/α-hetero) is 1. The normalized spacial score (nSPS) is 11.2. The molecule has 0 bridgehead atoms. The summed E-state index contributed by atoms with van der Waals surface area (Å²) < 4.78 is 41.3. The van der Waals surface area contributed by atoms with Crippen molar-refractivity contribution in [2.24, 2.45) is 0 Å². The molecule has 2 aromatic heterocycles.